The summed E-state index contributed by atoms with van der Waals surface area (Å²) in [7, 11) is 0. The van der Waals surface area contributed by atoms with Crippen LogP contribution in [-0.4, -0.2) is 50.8 Å². The normalized spacial score (nSPS) is 38.4. The van der Waals surface area contributed by atoms with Gasteiger partial charge in [-0.2, -0.15) is 0 Å². The lowest BCUT2D eigenvalue weighted by Crippen LogP contribution is -2.48. The molecule has 7 atom stereocenters. The van der Waals surface area contributed by atoms with Gasteiger partial charge in [-0.3, -0.25) is 0 Å². The van der Waals surface area contributed by atoms with E-state index in [1.54, 1.807) is 0 Å². The van der Waals surface area contributed by atoms with Crippen molar-refractivity contribution in [2.75, 3.05) is 6.61 Å². The Morgan fingerprint density at radius 1 is 1.24 bits per heavy atom. The van der Waals surface area contributed by atoms with E-state index in [1.165, 1.54) is 5.57 Å². The fourth-order valence-electron chi connectivity index (χ4n) is 6.67. The first-order valence-corrected chi connectivity index (χ1v) is 12.5. The van der Waals surface area contributed by atoms with E-state index in [2.05, 4.69) is 26.5 Å². The highest BCUT2D eigenvalue weighted by Gasteiger charge is 2.52. The number of alkyl halides is 2. The maximum absolute atomic E-state index is 14.4. The molecule has 4 nitrogen and oxygen atoms in total. The molecule has 3 aliphatic rings. The predicted molar refractivity (Wildman–Crippen MR) is 126 cm³/mol. The number of rotatable bonds is 7. The predicted octanol–water partition coefficient (Wildman–Crippen LogP) is 4.92. The van der Waals surface area contributed by atoms with Gasteiger partial charge in [0, 0.05) is 12.8 Å². The molecule has 0 bridgehead atoms. The lowest BCUT2D eigenvalue weighted by Gasteiger charge is -2.44. The molecule has 0 spiro atoms. The third-order valence-electron chi connectivity index (χ3n) is 9.00. The average Bonchev–Trinajstić information content (AvgIpc) is 3.11. The zero-order chi connectivity index (χ0) is 24.6. The zero-order valence-corrected chi connectivity index (χ0v) is 20.4. The molecular formula is C27H42F2O4. The summed E-state index contributed by atoms with van der Waals surface area (Å²) in [5.41, 5.74) is 0.629. The minimum absolute atomic E-state index is 0.0550. The Labute approximate surface area is 197 Å². The van der Waals surface area contributed by atoms with Crippen molar-refractivity contribution >= 4 is 0 Å². The summed E-state index contributed by atoms with van der Waals surface area (Å²) in [6, 6.07) is 0. The van der Waals surface area contributed by atoms with Gasteiger partial charge in [-0.05, 0) is 86.2 Å². The van der Waals surface area contributed by atoms with Crippen molar-refractivity contribution in [2.24, 2.45) is 23.2 Å². The third-order valence-corrected chi connectivity index (χ3v) is 9.00. The number of fused-ring (bicyclic) bond motifs is 1. The quantitative estimate of drug-likeness (QED) is 0.427. The highest BCUT2D eigenvalue weighted by Crippen LogP contribution is 2.60. The summed E-state index contributed by atoms with van der Waals surface area (Å²) in [6.45, 7) is 8.40. The SMILES string of the molecule is C=C1/C(=C\C=C2/CCC[C@]3(C)[C@@H]([C@H](C)CCC(F)(F)[C@@](C)(O)CO)CC[C@@H]23)C[C@@H](O)C[C@@H]1O. The molecule has 3 rings (SSSR count). The molecule has 188 valence electrons. The van der Waals surface area contributed by atoms with Crippen LogP contribution in [-0.2, 0) is 0 Å². The number of hydrogen-bond acceptors (Lipinski definition) is 4. The molecule has 3 aliphatic carbocycles. The molecule has 0 aromatic carbocycles. The van der Waals surface area contributed by atoms with Crippen LogP contribution in [0.4, 0.5) is 8.78 Å². The fourth-order valence-corrected chi connectivity index (χ4v) is 6.67. The van der Waals surface area contributed by atoms with E-state index in [4.69, 9.17) is 5.11 Å². The maximum atomic E-state index is 14.4. The van der Waals surface area contributed by atoms with Gasteiger partial charge in [-0.15, -0.1) is 0 Å². The van der Waals surface area contributed by atoms with E-state index in [1.807, 2.05) is 6.08 Å². The molecule has 3 saturated carbocycles. The van der Waals surface area contributed by atoms with Crippen LogP contribution in [0.5, 0.6) is 0 Å². The standard InChI is InChI=1S/C27H42F2O4/c1-17(11-13-27(28,29)26(4,33)16-30)22-9-10-23-19(6-5-12-25(22,23)3)7-8-20-14-21(31)15-24(32)18(20)2/h7-8,17,21-24,30-33H,2,5-6,9-16H2,1,3-4H3/b19-7+,20-8-/t17-,21-,22-,23+,24+,25-,26+/m1/s1. The van der Waals surface area contributed by atoms with Gasteiger partial charge < -0.3 is 20.4 Å². The van der Waals surface area contributed by atoms with Crippen LogP contribution in [0.3, 0.4) is 0 Å². The van der Waals surface area contributed by atoms with Crippen molar-refractivity contribution in [2.45, 2.75) is 102 Å². The zero-order valence-electron chi connectivity index (χ0n) is 20.4. The Hall–Kier alpha value is -1.08. The summed E-state index contributed by atoms with van der Waals surface area (Å²) in [5, 5.41) is 39.1. The molecule has 6 heteroatoms. The van der Waals surface area contributed by atoms with E-state index in [0.717, 1.165) is 44.6 Å². The molecule has 0 unspecified atom stereocenters. The molecule has 0 aliphatic heterocycles. The van der Waals surface area contributed by atoms with Crippen molar-refractivity contribution in [3.05, 3.63) is 35.5 Å². The summed E-state index contributed by atoms with van der Waals surface area (Å²) in [4.78, 5) is 0. The Morgan fingerprint density at radius 3 is 2.61 bits per heavy atom. The van der Waals surface area contributed by atoms with Crippen molar-refractivity contribution < 1.29 is 29.2 Å². The molecule has 0 aromatic rings. The second-order valence-corrected chi connectivity index (χ2v) is 11.3. The Kier molecular flexibility index (Phi) is 7.94. The molecule has 0 saturated heterocycles. The lowest BCUT2D eigenvalue weighted by atomic mass is 9.60. The largest absolute Gasteiger partial charge is 0.393 e. The number of halogens is 2. The van der Waals surface area contributed by atoms with Crippen LogP contribution in [0.2, 0.25) is 0 Å². The Bertz CT molecular complexity index is 787. The van der Waals surface area contributed by atoms with Crippen LogP contribution in [0.15, 0.2) is 35.5 Å². The molecule has 3 fully saturated rings. The third kappa shape index (κ3) is 5.29. The van der Waals surface area contributed by atoms with Crippen molar-refractivity contribution in [3.8, 4) is 0 Å². The van der Waals surface area contributed by atoms with E-state index in [-0.39, 0.29) is 11.3 Å². The van der Waals surface area contributed by atoms with Gasteiger partial charge in [-0.1, -0.05) is 38.2 Å². The van der Waals surface area contributed by atoms with Gasteiger partial charge in [0.05, 0.1) is 18.8 Å². The minimum atomic E-state index is -3.32. The topological polar surface area (TPSA) is 80.9 Å². The second-order valence-electron chi connectivity index (χ2n) is 11.3. The van der Waals surface area contributed by atoms with Crippen LogP contribution < -0.4 is 0 Å². The first-order valence-electron chi connectivity index (χ1n) is 12.5. The highest BCUT2D eigenvalue weighted by atomic mass is 19.3. The Balaban J connectivity index is 1.72. The van der Waals surface area contributed by atoms with Gasteiger partial charge in [0.15, 0.2) is 0 Å². The van der Waals surface area contributed by atoms with Gasteiger partial charge >= 0.3 is 0 Å². The molecular weight excluding hydrogens is 426 g/mol. The van der Waals surface area contributed by atoms with Crippen LogP contribution in [0.25, 0.3) is 0 Å². The van der Waals surface area contributed by atoms with Crippen LogP contribution >= 0.6 is 0 Å². The van der Waals surface area contributed by atoms with E-state index in [0.29, 0.717) is 36.7 Å². The van der Waals surface area contributed by atoms with Gasteiger partial charge in [0.25, 0.3) is 5.92 Å². The molecule has 33 heavy (non-hydrogen) atoms. The monoisotopic (exact) mass is 468 g/mol. The summed E-state index contributed by atoms with van der Waals surface area (Å²) in [5.74, 6) is -2.48. The Morgan fingerprint density at radius 2 is 1.94 bits per heavy atom. The lowest BCUT2D eigenvalue weighted by molar-refractivity contribution is -0.194. The van der Waals surface area contributed by atoms with E-state index in [9.17, 15) is 24.1 Å². The summed E-state index contributed by atoms with van der Waals surface area (Å²) < 4.78 is 28.9. The van der Waals surface area contributed by atoms with Crippen molar-refractivity contribution in [3.63, 3.8) is 0 Å². The number of aliphatic hydroxyl groups excluding tert-OH is 3. The maximum Gasteiger partial charge on any atom is 0.278 e. The summed E-state index contributed by atoms with van der Waals surface area (Å²) >= 11 is 0. The van der Waals surface area contributed by atoms with Gasteiger partial charge in [0.1, 0.15) is 5.60 Å². The van der Waals surface area contributed by atoms with E-state index < -0.39 is 36.8 Å². The second kappa shape index (κ2) is 9.88. The average molecular weight is 469 g/mol. The first-order chi connectivity index (χ1) is 15.3. The van der Waals surface area contributed by atoms with E-state index >= 15 is 0 Å². The number of aliphatic hydroxyl groups is 4. The molecule has 0 aromatic heterocycles. The van der Waals surface area contributed by atoms with Crippen molar-refractivity contribution in [1.82, 2.24) is 0 Å². The van der Waals surface area contributed by atoms with Crippen LogP contribution in [0.1, 0.15) is 78.6 Å². The molecule has 0 radical (unpaired) electrons. The van der Waals surface area contributed by atoms with Gasteiger partial charge in [0.2, 0.25) is 0 Å². The highest BCUT2D eigenvalue weighted by molar-refractivity contribution is 5.38. The summed E-state index contributed by atoms with van der Waals surface area (Å²) in [6.07, 6.45) is 8.85. The molecule has 4 N–H and O–H groups in total. The molecule has 0 amide bonds. The van der Waals surface area contributed by atoms with Crippen LogP contribution in [0, 0.1) is 23.2 Å². The molecule has 0 heterocycles. The first kappa shape index (κ1) is 26.5. The van der Waals surface area contributed by atoms with Gasteiger partial charge in [-0.25, -0.2) is 8.78 Å². The fraction of sp³-hybridized carbons (Fsp3) is 0.778. The smallest absolute Gasteiger partial charge is 0.278 e. The number of hydrogen-bond donors (Lipinski definition) is 4. The minimum Gasteiger partial charge on any atom is -0.393 e. The van der Waals surface area contributed by atoms with Crippen molar-refractivity contribution in [1.29, 1.82) is 0 Å². The number of allylic oxidation sites excluding steroid dienone is 3.